The topological polar surface area (TPSA) is 94.1 Å². The van der Waals surface area contributed by atoms with Gasteiger partial charge in [-0.15, -0.1) is 0 Å². The molecule has 0 aliphatic rings. The monoisotopic (exact) mass is 269 g/mol. The van der Waals surface area contributed by atoms with Crippen molar-refractivity contribution in [3.05, 3.63) is 0 Å². The van der Waals surface area contributed by atoms with Gasteiger partial charge in [0.1, 0.15) is 12.4 Å². The lowest BCUT2D eigenvalue weighted by atomic mass is 10.3. The smallest absolute Gasteiger partial charge is 0.356 e. The highest BCUT2D eigenvalue weighted by molar-refractivity contribution is 7.53. The molecule has 0 unspecified atom stereocenters. The summed E-state index contributed by atoms with van der Waals surface area (Å²) in [7, 11) is -1.75. The minimum absolute atomic E-state index is 0.101. The molecule has 0 spiro atoms. The van der Waals surface area contributed by atoms with Gasteiger partial charge in [-0.05, 0) is 20.9 Å². The van der Waals surface area contributed by atoms with Crippen molar-refractivity contribution >= 4 is 13.6 Å². The quantitative estimate of drug-likeness (QED) is 0.569. The molecule has 0 bridgehead atoms. The molecule has 102 valence electrons. The van der Waals surface area contributed by atoms with Gasteiger partial charge in [0, 0.05) is 0 Å². The standard InChI is InChI=1S/C9H20NO6P/c1-4-15-17(13,16-5-2)7-14-6-8(10-3)9(11)12/h8,10H,4-7H2,1-3H3,(H,11,12)/t8-/m0/s1. The zero-order valence-corrected chi connectivity index (χ0v) is 11.2. The highest BCUT2D eigenvalue weighted by atomic mass is 31.2. The van der Waals surface area contributed by atoms with E-state index in [9.17, 15) is 9.36 Å². The highest BCUT2D eigenvalue weighted by Crippen LogP contribution is 2.47. The molecule has 0 radical (unpaired) electrons. The maximum absolute atomic E-state index is 11.9. The van der Waals surface area contributed by atoms with E-state index in [-0.39, 0.29) is 26.2 Å². The van der Waals surface area contributed by atoms with E-state index in [1.54, 1.807) is 13.8 Å². The summed E-state index contributed by atoms with van der Waals surface area (Å²) in [4.78, 5) is 10.7. The van der Waals surface area contributed by atoms with Crippen LogP contribution >= 0.6 is 7.60 Å². The molecule has 1 atom stereocenters. The number of aliphatic carboxylic acids is 1. The number of hydrogen-bond donors (Lipinski definition) is 2. The molecule has 2 N–H and O–H groups in total. The van der Waals surface area contributed by atoms with Gasteiger partial charge in [0.2, 0.25) is 0 Å². The largest absolute Gasteiger partial charge is 0.480 e. The number of carboxylic acid groups (broad SMARTS) is 1. The van der Waals surface area contributed by atoms with Gasteiger partial charge in [-0.25, -0.2) is 0 Å². The van der Waals surface area contributed by atoms with E-state index in [0.29, 0.717) is 0 Å². The molecule has 0 saturated carbocycles. The average Bonchev–Trinajstić information content (AvgIpc) is 2.24. The molecule has 0 aromatic carbocycles. The Kier molecular flexibility index (Phi) is 8.37. The van der Waals surface area contributed by atoms with Gasteiger partial charge >= 0.3 is 13.6 Å². The summed E-state index contributed by atoms with van der Waals surface area (Å²) < 4.78 is 26.9. The van der Waals surface area contributed by atoms with E-state index in [4.69, 9.17) is 18.9 Å². The van der Waals surface area contributed by atoms with Crippen LogP contribution in [0.1, 0.15) is 13.8 Å². The van der Waals surface area contributed by atoms with Crippen molar-refractivity contribution in [3.8, 4) is 0 Å². The molecule has 0 fully saturated rings. The summed E-state index contributed by atoms with van der Waals surface area (Å²) in [6.45, 7) is 3.78. The van der Waals surface area contributed by atoms with Crippen LogP contribution in [0.3, 0.4) is 0 Å². The molecule has 0 saturated heterocycles. The van der Waals surface area contributed by atoms with Crippen LogP contribution in [0.5, 0.6) is 0 Å². The zero-order valence-electron chi connectivity index (χ0n) is 10.3. The fourth-order valence-corrected chi connectivity index (χ4v) is 2.41. The van der Waals surface area contributed by atoms with Crippen molar-refractivity contribution in [1.29, 1.82) is 0 Å². The third kappa shape index (κ3) is 6.75. The normalized spacial score (nSPS) is 13.6. The maximum Gasteiger partial charge on any atom is 0.356 e. The third-order valence-corrected chi connectivity index (χ3v) is 3.63. The van der Waals surface area contributed by atoms with Crippen LogP contribution in [0.25, 0.3) is 0 Å². The SMILES string of the molecule is CCOP(=O)(COC[C@H](NC)C(=O)O)OCC. The molecule has 0 rings (SSSR count). The molecule has 0 aliphatic heterocycles. The molecular weight excluding hydrogens is 249 g/mol. The fraction of sp³-hybridized carbons (Fsp3) is 0.889. The Morgan fingerprint density at radius 1 is 1.35 bits per heavy atom. The van der Waals surface area contributed by atoms with Crippen molar-refractivity contribution in [2.24, 2.45) is 0 Å². The molecule has 17 heavy (non-hydrogen) atoms. The van der Waals surface area contributed by atoms with E-state index >= 15 is 0 Å². The van der Waals surface area contributed by atoms with Crippen LogP contribution in [0.15, 0.2) is 0 Å². The van der Waals surface area contributed by atoms with Gasteiger partial charge in [0.15, 0.2) is 0 Å². The molecule has 0 heterocycles. The summed E-state index contributed by atoms with van der Waals surface area (Å²) in [5.41, 5.74) is 0. The van der Waals surface area contributed by atoms with Gasteiger partial charge in [0.25, 0.3) is 0 Å². The number of nitrogens with one attached hydrogen (secondary N) is 1. The van der Waals surface area contributed by atoms with E-state index in [2.05, 4.69) is 5.32 Å². The molecule has 0 aromatic heterocycles. The molecule has 0 amide bonds. The third-order valence-electron chi connectivity index (χ3n) is 1.83. The Bertz CT molecular complexity index is 262. The fourth-order valence-electron chi connectivity index (χ4n) is 1.07. The first-order valence-corrected chi connectivity index (χ1v) is 7.07. The van der Waals surface area contributed by atoms with Crippen LogP contribution in [0, 0.1) is 0 Å². The van der Waals surface area contributed by atoms with Crippen molar-refractivity contribution in [3.63, 3.8) is 0 Å². The second kappa shape index (κ2) is 8.60. The van der Waals surface area contributed by atoms with Crippen molar-refractivity contribution in [2.75, 3.05) is 33.2 Å². The number of likely N-dealkylation sites (N-methyl/N-ethyl adjacent to an activating group) is 1. The Labute approximate surface area is 101 Å². The molecule has 0 aliphatic carbocycles. The first-order valence-electron chi connectivity index (χ1n) is 5.35. The molecule has 8 heteroatoms. The Morgan fingerprint density at radius 3 is 2.24 bits per heavy atom. The van der Waals surface area contributed by atoms with Gasteiger partial charge in [-0.2, -0.15) is 0 Å². The lowest BCUT2D eigenvalue weighted by Crippen LogP contribution is -2.38. The minimum Gasteiger partial charge on any atom is -0.480 e. The van der Waals surface area contributed by atoms with E-state index in [1.807, 2.05) is 0 Å². The number of carboxylic acids is 1. The van der Waals surface area contributed by atoms with Gasteiger partial charge < -0.3 is 24.2 Å². The van der Waals surface area contributed by atoms with E-state index < -0.39 is 19.6 Å². The van der Waals surface area contributed by atoms with Gasteiger partial charge in [0.05, 0.1) is 19.8 Å². The Balaban J connectivity index is 4.13. The lowest BCUT2D eigenvalue weighted by Gasteiger charge is -2.18. The summed E-state index contributed by atoms with van der Waals surface area (Å²) >= 11 is 0. The van der Waals surface area contributed by atoms with Crippen LogP contribution in [0.2, 0.25) is 0 Å². The summed E-state index contributed by atoms with van der Waals surface area (Å²) in [5, 5.41) is 11.3. The zero-order chi connectivity index (χ0) is 13.3. The number of hydrogen-bond acceptors (Lipinski definition) is 6. The molecule has 7 nitrogen and oxygen atoms in total. The highest BCUT2D eigenvalue weighted by Gasteiger charge is 2.25. The van der Waals surface area contributed by atoms with Crippen LogP contribution in [-0.2, 0) is 23.1 Å². The first-order chi connectivity index (χ1) is 7.99. The maximum atomic E-state index is 11.9. The molecular formula is C9H20NO6P. The number of carbonyl (C=O) groups is 1. The predicted octanol–water partition coefficient (Wildman–Crippen LogP) is 0.899. The lowest BCUT2D eigenvalue weighted by molar-refractivity contribution is -0.140. The molecule has 0 aromatic rings. The van der Waals surface area contributed by atoms with Crippen LogP contribution in [0.4, 0.5) is 0 Å². The van der Waals surface area contributed by atoms with Crippen molar-refractivity contribution in [2.45, 2.75) is 19.9 Å². The predicted molar refractivity (Wildman–Crippen MR) is 62.2 cm³/mol. The Hall–Kier alpha value is -0.460. The number of ether oxygens (including phenoxy) is 1. The summed E-state index contributed by atoms with van der Waals surface area (Å²) in [5.74, 6) is -1.03. The second-order valence-electron chi connectivity index (χ2n) is 3.13. The van der Waals surface area contributed by atoms with E-state index in [1.165, 1.54) is 7.05 Å². The Morgan fingerprint density at radius 2 is 1.88 bits per heavy atom. The van der Waals surface area contributed by atoms with Crippen molar-refractivity contribution in [1.82, 2.24) is 5.32 Å². The average molecular weight is 269 g/mol. The van der Waals surface area contributed by atoms with Crippen LogP contribution < -0.4 is 5.32 Å². The van der Waals surface area contributed by atoms with E-state index in [0.717, 1.165) is 0 Å². The summed E-state index contributed by atoms with van der Waals surface area (Å²) in [6.07, 6.45) is -0.250. The number of rotatable bonds is 10. The second-order valence-corrected chi connectivity index (χ2v) is 5.12. The van der Waals surface area contributed by atoms with Gasteiger partial charge in [-0.3, -0.25) is 9.36 Å². The minimum atomic E-state index is -3.26. The van der Waals surface area contributed by atoms with Crippen molar-refractivity contribution < 1.29 is 28.3 Å². The summed E-state index contributed by atoms with van der Waals surface area (Å²) in [6, 6.07) is -0.841. The van der Waals surface area contributed by atoms with Gasteiger partial charge in [-0.1, -0.05) is 0 Å². The first kappa shape index (κ1) is 16.5. The van der Waals surface area contributed by atoms with Crippen LogP contribution in [-0.4, -0.2) is 50.3 Å².